The van der Waals surface area contributed by atoms with E-state index in [0.29, 0.717) is 29.0 Å². The average molecular weight is 356 g/mol. The topological polar surface area (TPSA) is 57.4 Å². The largest absolute Gasteiger partial charge is 0.573 e. The first-order chi connectivity index (χ1) is 11.4. The number of benzene rings is 1. The first-order valence-electron chi connectivity index (χ1n) is 7.05. The quantitative estimate of drug-likeness (QED) is 0.690. The summed E-state index contributed by atoms with van der Waals surface area (Å²) < 4.78 is 53.8. The van der Waals surface area contributed by atoms with E-state index >= 15 is 0 Å². The molecule has 0 atom stereocenters. The van der Waals surface area contributed by atoms with Gasteiger partial charge >= 0.3 is 6.36 Å². The minimum absolute atomic E-state index is 0.0124. The number of ether oxygens (including phenoxy) is 2. The first-order valence-corrected chi connectivity index (χ1v) is 7.93. The molecule has 126 valence electrons. The van der Waals surface area contributed by atoms with Gasteiger partial charge in [-0.1, -0.05) is 0 Å². The predicted octanol–water partition coefficient (Wildman–Crippen LogP) is 4.49. The van der Waals surface area contributed by atoms with E-state index in [1.165, 1.54) is 18.4 Å². The first kappa shape index (κ1) is 15.4. The SMILES string of the molecule is COC1(c2cc(-c3nccs3)c3ocnc3c2OC(F)(F)F)CC1. The van der Waals surface area contributed by atoms with Crippen molar-refractivity contribution in [1.29, 1.82) is 0 Å². The lowest BCUT2D eigenvalue weighted by molar-refractivity contribution is -0.274. The van der Waals surface area contributed by atoms with Crippen molar-refractivity contribution in [3.63, 3.8) is 0 Å². The smallest absolute Gasteiger partial charge is 0.443 e. The summed E-state index contributed by atoms with van der Waals surface area (Å²) in [6.07, 6.45) is -0.906. The van der Waals surface area contributed by atoms with Gasteiger partial charge in [-0.15, -0.1) is 24.5 Å². The van der Waals surface area contributed by atoms with Gasteiger partial charge in [0.1, 0.15) is 5.01 Å². The Morgan fingerprint density at radius 3 is 2.67 bits per heavy atom. The molecule has 0 N–H and O–H groups in total. The maximum atomic E-state index is 12.9. The van der Waals surface area contributed by atoms with Crippen molar-refractivity contribution in [2.45, 2.75) is 24.8 Å². The number of rotatable bonds is 4. The van der Waals surface area contributed by atoms with Crippen molar-refractivity contribution >= 4 is 22.4 Å². The van der Waals surface area contributed by atoms with Crippen molar-refractivity contribution in [2.75, 3.05) is 7.11 Å². The van der Waals surface area contributed by atoms with E-state index in [9.17, 15) is 13.2 Å². The Bertz CT molecular complexity index is 885. The van der Waals surface area contributed by atoms with E-state index in [4.69, 9.17) is 9.15 Å². The molecule has 0 aliphatic heterocycles. The Hall–Kier alpha value is -2.13. The van der Waals surface area contributed by atoms with E-state index < -0.39 is 12.0 Å². The summed E-state index contributed by atoms with van der Waals surface area (Å²) in [4.78, 5) is 8.16. The van der Waals surface area contributed by atoms with Crippen LogP contribution in [-0.2, 0) is 10.3 Å². The van der Waals surface area contributed by atoms with Crippen LogP contribution in [0.5, 0.6) is 5.75 Å². The van der Waals surface area contributed by atoms with Crippen molar-refractivity contribution in [1.82, 2.24) is 9.97 Å². The van der Waals surface area contributed by atoms with Crippen LogP contribution in [0.4, 0.5) is 13.2 Å². The number of nitrogens with zero attached hydrogens (tertiary/aromatic N) is 2. The van der Waals surface area contributed by atoms with E-state index in [2.05, 4.69) is 14.7 Å². The second kappa shape index (κ2) is 5.18. The van der Waals surface area contributed by atoms with Crippen LogP contribution in [0.2, 0.25) is 0 Å². The van der Waals surface area contributed by atoms with Gasteiger partial charge in [0.05, 0.1) is 11.2 Å². The van der Waals surface area contributed by atoms with E-state index in [-0.39, 0.29) is 16.8 Å². The summed E-state index contributed by atoms with van der Waals surface area (Å²) in [7, 11) is 1.47. The van der Waals surface area contributed by atoms with Crippen LogP contribution in [0.25, 0.3) is 21.7 Å². The summed E-state index contributed by atoms with van der Waals surface area (Å²) in [5.41, 5.74) is 0.317. The molecule has 4 rings (SSSR count). The third kappa shape index (κ3) is 2.44. The third-order valence-corrected chi connectivity index (χ3v) is 4.83. The summed E-state index contributed by atoms with van der Waals surface area (Å²) >= 11 is 1.36. The average Bonchev–Trinajstić information content (AvgIpc) is 2.95. The molecule has 1 saturated carbocycles. The highest BCUT2D eigenvalue weighted by atomic mass is 32.1. The molecule has 24 heavy (non-hydrogen) atoms. The fraction of sp³-hybridized carbons (Fsp3) is 0.333. The van der Waals surface area contributed by atoms with Gasteiger partial charge in [-0.05, 0) is 18.9 Å². The molecule has 2 heterocycles. The van der Waals surface area contributed by atoms with Gasteiger partial charge in [-0.25, -0.2) is 9.97 Å². The fourth-order valence-electron chi connectivity index (χ4n) is 2.77. The summed E-state index contributed by atoms with van der Waals surface area (Å²) in [5.74, 6) is -0.370. The molecule has 9 heteroatoms. The number of aromatic nitrogens is 2. The molecule has 0 amide bonds. The second-order valence-electron chi connectivity index (χ2n) is 5.41. The Balaban J connectivity index is 2.01. The lowest BCUT2D eigenvalue weighted by atomic mass is 10.0. The van der Waals surface area contributed by atoms with E-state index in [1.807, 2.05) is 0 Å². The molecule has 0 bridgehead atoms. The van der Waals surface area contributed by atoms with Gasteiger partial charge < -0.3 is 13.9 Å². The van der Waals surface area contributed by atoms with Crippen LogP contribution < -0.4 is 4.74 Å². The lowest BCUT2D eigenvalue weighted by Gasteiger charge is -2.20. The van der Waals surface area contributed by atoms with Gasteiger partial charge in [-0.3, -0.25) is 0 Å². The zero-order chi connectivity index (χ0) is 16.9. The Labute approximate surface area is 138 Å². The number of hydrogen-bond donors (Lipinski definition) is 0. The molecule has 2 aromatic heterocycles. The molecule has 1 aliphatic rings. The highest BCUT2D eigenvalue weighted by molar-refractivity contribution is 7.13. The van der Waals surface area contributed by atoms with Crippen molar-refractivity contribution in [3.8, 4) is 16.3 Å². The molecule has 1 aliphatic carbocycles. The minimum Gasteiger partial charge on any atom is -0.443 e. The van der Waals surface area contributed by atoms with Crippen molar-refractivity contribution in [2.24, 2.45) is 0 Å². The van der Waals surface area contributed by atoms with Gasteiger partial charge in [0.25, 0.3) is 0 Å². The predicted molar refractivity (Wildman–Crippen MR) is 79.7 cm³/mol. The molecule has 0 unspecified atom stereocenters. The number of alkyl halides is 3. The van der Waals surface area contributed by atoms with Gasteiger partial charge in [0, 0.05) is 24.3 Å². The number of methoxy groups -OCH3 is 1. The second-order valence-corrected chi connectivity index (χ2v) is 6.31. The Kier molecular flexibility index (Phi) is 3.33. The molecule has 5 nitrogen and oxygen atoms in total. The van der Waals surface area contributed by atoms with Crippen molar-refractivity contribution in [3.05, 3.63) is 29.6 Å². The van der Waals surface area contributed by atoms with Crippen LogP contribution in [0.15, 0.2) is 28.5 Å². The highest BCUT2D eigenvalue weighted by Crippen LogP contribution is 2.55. The fourth-order valence-corrected chi connectivity index (χ4v) is 3.42. The number of oxazole rings is 1. The summed E-state index contributed by atoms with van der Waals surface area (Å²) in [6.45, 7) is 0. The van der Waals surface area contributed by atoms with E-state index in [1.54, 1.807) is 17.6 Å². The van der Waals surface area contributed by atoms with Gasteiger partial charge in [0.15, 0.2) is 23.2 Å². The molecule has 1 fully saturated rings. The number of fused-ring (bicyclic) bond motifs is 1. The van der Waals surface area contributed by atoms with Gasteiger partial charge in [0.2, 0.25) is 0 Å². The van der Waals surface area contributed by atoms with Crippen LogP contribution >= 0.6 is 11.3 Å². The molecular formula is C15H11F3N2O3S. The normalized spacial score (nSPS) is 16.5. The zero-order valence-corrected chi connectivity index (χ0v) is 13.2. The minimum atomic E-state index is -4.84. The summed E-state index contributed by atoms with van der Waals surface area (Å²) in [6, 6.07) is 1.60. The standard InChI is InChI=1S/C15H11F3N2O3S/c1-21-14(2-3-14)9-6-8(13-19-4-5-24-13)11-10(20-7-22-11)12(9)23-15(16,17)18/h4-7H,2-3H2,1H3. The maximum absolute atomic E-state index is 12.9. The molecule has 0 radical (unpaired) electrons. The Morgan fingerprint density at radius 1 is 1.29 bits per heavy atom. The van der Waals surface area contributed by atoms with Gasteiger partial charge in [-0.2, -0.15) is 0 Å². The highest BCUT2D eigenvalue weighted by Gasteiger charge is 2.49. The summed E-state index contributed by atoms with van der Waals surface area (Å²) in [5, 5.41) is 2.41. The van der Waals surface area contributed by atoms with Crippen LogP contribution in [-0.4, -0.2) is 23.4 Å². The molecule has 0 spiro atoms. The van der Waals surface area contributed by atoms with E-state index in [0.717, 1.165) is 6.39 Å². The lowest BCUT2D eigenvalue weighted by Crippen LogP contribution is -2.21. The molecule has 0 saturated heterocycles. The molecule has 3 aromatic rings. The van der Waals surface area contributed by atoms with Crippen LogP contribution in [0, 0.1) is 0 Å². The monoisotopic (exact) mass is 356 g/mol. The molecule has 1 aromatic carbocycles. The zero-order valence-electron chi connectivity index (χ0n) is 12.4. The van der Waals surface area contributed by atoms with Crippen LogP contribution in [0.3, 0.4) is 0 Å². The number of hydrogen-bond acceptors (Lipinski definition) is 6. The third-order valence-electron chi connectivity index (χ3n) is 4.03. The Morgan fingerprint density at radius 2 is 2.08 bits per heavy atom. The number of thiazole rings is 1. The number of halogens is 3. The maximum Gasteiger partial charge on any atom is 0.573 e. The molecular weight excluding hydrogens is 345 g/mol. The van der Waals surface area contributed by atoms with Crippen LogP contribution in [0.1, 0.15) is 18.4 Å². The van der Waals surface area contributed by atoms with Crippen molar-refractivity contribution < 1.29 is 27.1 Å².